The van der Waals surface area contributed by atoms with Gasteiger partial charge in [0.05, 0.1) is 5.60 Å². The molecule has 14 heavy (non-hydrogen) atoms. The molecule has 0 radical (unpaired) electrons. The summed E-state index contributed by atoms with van der Waals surface area (Å²) >= 11 is 0. The summed E-state index contributed by atoms with van der Waals surface area (Å²) in [7, 11) is 0. The molecule has 0 atom stereocenters. The molecule has 1 saturated heterocycles. The first-order valence-electron chi connectivity index (χ1n) is 5.73. The van der Waals surface area contributed by atoms with Crippen molar-refractivity contribution in [2.75, 3.05) is 19.8 Å². The highest BCUT2D eigenvalue weighted by Gasteiger charge is 2.50. The van der Waals surface area contributed by atoms with Crippen LogP contribution in [0.5, 0.6) is 0 Å². The van der Waals surface area contributed by atoms with E-state index in [0.717, 1.165) is 51.7 Å². The molecule has 0 aromatic rings. The Hall–Kier alpha value is -0.120. The number of nitrogens with two attached hydrogens (primary N) is 1. The Morgan fingerprint density at radius 2 is 1.64 bits per heavy atom. The van der Waals surface area contributed by atoms with Gasteiger partial charge < -0.3 is 15.6 Å². The van der Waals surface area contributed by atoms with Crippen molar-refractivity contribution in [3.8, 4) is 0 Å². The molecule has 3 nitrogen and oxygen atoms in total. The first-order valence-corrected chi connectivity index (χ1v) is 5.73. The van der Waals surface area contributed by atoms with Crippen molar-refractivity contribution in [3.63, 3.8) is 0 Å². The Morgan fingerprint density at radius 1 is 1.07 bits per heavy atom. The van der Waals surface area contributed by atoms with Crippen LogP contribution in [0.4, 0.5) is 0 Å². The summed E-state index contributed by atoms with van der Waals surface area (Å²) in [5, 5.41) is 10.6. The maximum Gasteiger partial charge on any atom is 0.0717 e. The molecule has 3 N–H and O–H groups in total. The van der Waals surface area contributed by atoms with Crippen molar-refractivity contribution < 1.29 is 9.84 Å². The maximum atomic E-state index is 10.6. The quantitative estimate of drug-likeness (QED) is 0.699. The summed E-state index contributed by atoms with van der Waals surface area (Å²) in [6.45, 7) is 2.13. The zero-order valence-electron chi connectivity index (χ0n) is 8.80. The molecule has 0 bridgehead atoms. The second kappa shape index (κ2) is 3.80. The fourth-order valence-corrected chi connectivity index (χ4v) is 3.11. The van der Waals surface area contributed by atoms with E-state index in [1.807, 2.05) is 0 Å². The molecule has 2 rings (SSSR count). The van der Waals surface area contributed by atoms with Crippen LogP contribution in [0.3, 0.4) is 0 Å². The molecule has 0 unspecified atom stereocenters. The van der Waals surface area contributed by atoms with E-state index in [4.69, 9.17) is 10.5 Å². The number of hydrogen-bond donors (Lipinski definition) is 2. The molecule has 1 saturated carbocycles. The lowest BCUT2D eigenvalue weighted by atomic mass is 9.66. The highest BCUT2D eigenvalue weighted by molar-refractivity contribution is 5.03. The van der Waals surface area contributed by atoms with Gasteiger partial charge in [-0.25, -0.2) is 0 Å². The van der Waals surface area contributed by atoms with Gasteiger partial charge >= 0.3 is 0 Å². The maximum absolute atomic E-state index is 10.6. The lowest BCUT2D eigenvalue weighted by molar-refractivity contribution is -0.124. The summed E-state index contributed by atoms with van der Waals surface area (Å²) in [5.74, 6) is 0. The molecule has 2 fully saturated rings. The van der Waals surface area contributed by atoms with Crippen molar-refractivity contribution in [2.45, 2.75) is 44.1 Å². The monoisotopic (exact) mass is 199 g/mol. The molecule has 82 valence electrons. The fraction of sp³-hybridized carbons (Fsp3) is 1.00. The van der Waals surface area contributed by atoms with Crippen LogP contribution in [0, 0.1) is 5.41 Å². The van der Waals surface area contributed by atoms with Gasteiger partial charge in [-0.3, -0.25) is 0 Å². The van der Waals surface area contributed by atoms with Crippen molar-refractivity contribution in [3.05, 3.63) is 0 Å². The molecule has 0 aromatic carbocycles. The molecule has 0 spiro atoms. The second-order valence-electron chi connectivity index (χ2n) is 4.84. The van der Waals surface area contributed by atoms with Gasteiger partial charge in [-0.05, 0) is 25.7 Å². The van der Waals surface area contributed by atoms with Gasteiger partial charge in [0, 0.05) is 25.2 Å². The highest BCUT2D eigenvalue weighted by atomic mass is 16.5. The average molecular weight is 199 g/mol. The molecule has 1 aliphatic carbocycles. The molecule has 2 aliphatic rings. The zero-order chi connectivity index (χ0) is 10.1. The lowest BCUT2D eigenvalue weighted by Gasteiger charge is -2.47. The third kappa shape index (κ3) is 1.47. The normalized spacial score (nSPS) is 30.4. The van der Waals surface area contributed by atoms with Crippen molar-refractivity contribution in [2.24, 2.45) is 11.1 Å². The minimum absolute atomic E-state index is 0.0538. The summed E-state index contributed by atoms with van der Waals surface area (Å²) in [6, 6.07) is 0. The van der Waals surface area contributed by atoms with E-state index in [9.17, 15) is 5.11 Å². The van der Waals surface area contributed by atoms with Crippen LogP contribution in [0.25, 0.3) is 0 Å². The van der Waals surface area contributed by atoms with Gasteiger partial charge in [-0.15, -0.1) is 0 Å². The minimum Gasteiger partial charge on any atom is -0.389 e. The van der Waals surface area contributed by atoms with E-state index >= 15 is 0 Å². The molecular formula is C11H21NO2. The number of ether oxygens (including phenoxy) is 1. The number of aliphatic hydroxyl groups is 1. The topological polar surface area (TPSA) is 55.5 Å². The number of rotatable bonds is 2. The van der Waals surface area contributed by atoms with Crippen LogP contribution in [0.15, 0.2) is 0 Å². The molecule has 1 heterocycles. The highest BCUT2D eigenvalue weighted by Crippen LogP contribution is 2.48. The van der Waals surface area contributed by atoms with Crippen LogP contribution in [0.1, 0.15) is 38.5 Å². The largest absolute Gasteiger partial charge is 0.389 e. The molecule has 1 aliphatic heterocycles. The number of hydrogen-bond acceptors (Lipinski definition) is 3. The SMILES string of the molecule is NCC1(C2(O)CCCC2)CCOCC1. The van der Waals surface area contributed by atoms with Gasteiger partial charge in [0.25, 0.3) is 0 Å². The third-order valence-electron chi connectivity index (χ3n) is 4.26. The van der Waals surface area contributed by atoms with Crippen molar-refractivity contribution in [1.29, 1.82) is 0 Å². The Balaban J connectivity index is 2.16. The smallest absolute Gasteiger partial charge is 0.0717 e. The Labute approximate surface area is 85.6 Å². The molecule has 0 amide bonds. The van der Waals surface area contributed by atoms with Crippen LogP contribution < -0.4 is 5.73 Å². The summed E-state index contributed by atoms with van der Waals surface area (Å²) in [5.41, 5.74) is 5.34. The molecular weight excluding hydrogens is 178 g/mol. The predicted molar refractivity (Wildman–Crippen MR) is 55.0 cm³/mol. The minimum atomic E-state index is -0.495. The van der Waals surface area contributed by atoms with E-state index < -0.39 is 5.60 Å². The van der Waals surface area contributed by atoms with Crippen molar-refractivity contribution >= 4 is 0 Å². The van der Waals surface area contributed by atoms with E-state index in [1.54, 1.807) is 0 Å². The van der Waals surface area contributed by atoms with Crippen molar-refractivity contribution in [1.82, 2.24) is 0 Å². The predicted octanol–water partition coefficient (Wildman–Crippen LogP) is 1.05. The Kier molecular flexibility index (Phi) is 2.82. The summed E-state index contributed by atoms with van der Waals surface area (Å²) < 4.78 is 5.36. The van der Waals surface area contributed by atoms with Gasteiger partial charge in [-0.2, -0.15) is 0 Å². The van der Waals surface area contributed by atoms with Crippen LogP contribution in [0.2, 0.25) is 0 Å². The van der Waals surface area contributed by atoms with E-state index in [1.165, 1.54) is 0 Å². The van der Waals surface area contributed by atoms with Gasteiger partial charge in [0.2, 0.25) is 0 Å². The standard InChI is InChI=1S/C11H21NO2/c12-9-10(5-7-14-8-6-10)11(13)3-1-2-4-11/h13H,1-9,12H2. The van der Waals surface area contributed by atoms with Crippen LogP contribution in [-0.2, 0) is 4.74 Å². The van der Waals surface area contributed by atoms with Gasteiger partial charge in [0.15, 0.2) is 0 Å². The Morgan fingerprint density at radius 3 is 2.14 bits per heavy atom. The van der Waals surface area contributed by atoms with E-state index in [-0.39, 0.29) is 5.41 Å². The summed E-state index contributed by atoms with van der Waals surface area (Å²) in [6.07, 6.45) is 6.03. The van der Waals surface area contributed by atoms with Gasteiger partial charge in [-0.1, -0.05) is 12.8 Å². The average Bonchev–Trinajstić information content (AvgIpc) is 2.68. The van der Waals surface area contributed by atoms with Crippen LogP contribution >= 0.6 is 0 Å². The van der Waals surface area contributed by atoms with Crippen LogP contribution in [-0.4, -0.2) is 30.5 Å². The molecule has 0 aromatic heterocycles. The summed E-state index contributed by atoms with van der Waals surface area (Å²) in [4.78, 5) is 0. The zero-order valence-corrected chi connectivity index (χ0v) is 8.80. The Bertz CT molecular complexity index is 193. The van der Waals surface area contributed by atoms with E-state index in [0.29, 0.717) is 6.54 Å². The van der Waals surface area contributed by atoms with Gasteiger partial charge in [0.1, 0.15) is 0 Å². The molecule has 3 heteroatoms. The second-order valence-corrected chi connectivity index (χ2v) is 4.84. The van der Waals surface area contributed by atoms with E-state index in [2.05, 4.69) is 0 Å². The lowest BCUT2D eigenvalue weighted by Crippen LogP contribution is -2.53. The third-order valence-corrected chi connectivity index (χ3v) is 4.26. The fourth-order valence-electron chi connectivity index (χ4n) is 3.11. The first kappa shape index (κ1) is 10.4. The first-order chi connectivity index (χ1) is 6.72.